The normalized spacial score (nSPS) is 21.1. The van der Waals surface area contributed by atoms with Gasteiger partial charge < -0.3 is 14.5 Å². The highest BCUT2D eigenvalue weighted by Crippen LogP contribution is 2.34. The molecule has 1 fully saturated rings. The molecule has 1 unspecified atom stereocenters. The minimum Gasteiger partial charge on any atom is -0.490 e. The standard InChI is InChI=1S/C15H20BrN3O2/c1-2-3-14(20)18-5-6-19-12(10-18)4-7-21-13-8-11(16)9-17-15(13)19/h8-9,12H,2-7,10H2,1H3. The lowest BCUT2D eigenvalue weighted by Crippen LogP contribution is -2.55. The number of nitrogens with zero attached hydrogens (tertiary/aromatic N) is 3. The first-order valence-electron chi connectivity index (χ1n) is 7.51. The molecule has 2 aliphatic heterocycles. The summed E-state index contributed by atoms with van der Waals surface area (Å²) in [6.45, 7) is 5.09. The van der Waals surface area contributed by atoms with Gasteiger partial charge in [0.25, 0.3) is 0 Å². The predicted molar refractivity (Wildman–Crippen MR) is 84.7 cm³/mol. The molecule has 0 aliphatic carbocycles. The molecule has 3 rings (SSSR count). The first kappa shape index (κ1) is 14.6. The number of halogens is 1. The van der Waals surface area contributed by atoms with Crippen LogP contribution in [0.4, 0.5) is 5.82 Å². The van der Waals surface area contributed by atoms with Crippen LogP contribution in [0.15, 0.2) is 16.7 Å². The molecule has 0 radical (unpaired) electrons. The van der Waals surface area contributed by atoms with Crippen LogP contribution in [0, 0.1) is 0 Å². The quantitative estimate of drug-likeness (QED) is 0.819. The summed E-state index contributed by atoms with van der Waals surface area (Å²) < 4.78 is 6.75. The fourth-order valence-corrected chi connectivity index (χ4v) is 3.33. The fourth-order valence-electron chi connectivity index (χ4n) is 3.02. The number of fused-ring (bicyclic) bond motifs is 3. The van der Waals surface area contributed by atoms with Crippen molar-refractivity contribution in [3.8, 4) is 5.75 Å². The number of aromatic nitrogens is 1. The van der Waals surface area contributed by atoms with Crippen LogP contribution in [0.1, 0.15) is 26.2 Å². The summed E-state index contributed by atoms with van der Waals surface area (Å²) in [5, 5.41) is 0. The third kappa shape index (κ3) is 3.00. The van der Waals surface area contributed by atoms with Crippen molar-refractivity contribution in [2.75, 3.05) is 31.1 Å². The lowest BCUT2D eigenvalue weighted by Gasteiger charge is -2.41. The summed E-state index contributed by atoms with van der Waals surface area (Å²) in [4.78, 5) is 20.9. The third-order valence-electron chi connectivity index (χ3n) is 4.08. The van der Waals surface area contributed by atoms with E-state index in [2.05, 4.69) is 25.8 Å². The Morgan fingerprint density at radius 3 is 3.19 bits per heavy atom. The van der Waals surface area contributed by atoms with Crippen LogP contribution in [0.25, 0.3) is 0 Å². The Bertz CT molecular complexity index is 538. The van der Waals surface area contributed by atoms with Gasteiger partial charge >= 0.3 is 0 Å². The Morgan fingerprint density at radius 2 is 2.38 bits per heavy atom. The largest absolute Gasteiger partial charge is 0.490 e. The SMILES string of the molecule is CCCC(=O)N1CCN2c3ncc(Br)cc3OCCC2C1. The molecule has 2 aliphatic rings. The van der Waals surface area contributed by atoms with Crippen LogP contribution in [0.3, 0.4) is 0 Å². The van der Waals surface area contributed by atoms with E-state index in [1.54, 1.807) is 6.20 Å². The molecule has 1 saturated heterocycles. The van der Waals surface area contributed by atoms with Gasteiger partial charge in [0.1, 0.15) is 0 Å². The van der Waals surface area contributed by atoms with E-state index in [9.17, 15) is 4.79 Å². The van der Waals surface area contributed by atoms with E-state index in [0.717, 1.165) is 48.5 Å². The molecule has 0 aromatic carbocycles. The molecule has 6 heteroatoms. The number of pyridine rings is 1. The van der Waals surface area contributed by atoms with Gasteiger partial charge in [0.05, 0.1) is 12.6 Å². The molecule has 1 atom stereocenters. The number of hydrogen-bond acceptors (Lipinski definition) is 4. The monoisotopic (exact) mass is 353 g/mol. The smallest absolute Gasteiger partial charge is 0.222 e. The molecule has 0 spiro atoms. The molecule has 0 bridgehead atoms. The predicted octanol–water partition coefficient (Wildman–Crippen LogP) is 2.44. The van der Waals surface area contributed by atoms with E-state index in [1.165, 1.54) is 0 Å². The second-order valence-corrected chi connectivity index (χ2v) is 6.47. The topological polar surface area (TPSA) is 45.7 Å². The number of hydrogen-bond donors (Lipinski definition) is 0. The summed E-state index contributed by atoms with van der Waals surface area (Å²) in [5.74, 6) is 2.01. The van der Waals surface area contributed by atoms with Crippen molar-refractivity contribution in [3.05, 3.63) is 16.7 Å². The Balaban J connectivity index is 1.79. The van der Waals surface area contributed by atoms with Crippen LogP contribution >= 0.6 is 15.9 Å². The van der Waals surface area contributed by atoms with E-state index in [-0.39, 0.29) is 5.91 Å². The molecular formula is C15H20BrN3O2. The van der Waals surface area contributed by atoms with Crippen LogP contribution in [0.2, 0.25) is 0 Å². The lowest BCUT2D eigenvalue weighted by molar-refractivity contribution is -0.132. The van der Waals surface area contributed by atoms with Crippen LogP contribution in [0.5, 0.6) is 5.75 Å². The summed E-state index contributed by atoms with van der Waals surface area (Å²) >= 11 is 3.44. The van der Waals surface area contributed by atoms with Crippen molar-refractivity contribution in [1.82, 2.24) is 9.88 Å². The Morgan fingerprint density at radius 1 is 1.52 bits per heavy atom. The summed E-state index contributed by atoms with van der Waals surface area (Å²) in [6, 6.07) is 2.27. The van der Waals surface area contributed by atoms with E-state index >= 15 is 0 Å². The Kier molecular flexibility index (Phi) is 4.33. The zero-order chi connectivity index (χ0) is 14.8. The van der Waals surface area contributed by atoms with E-state index < -0.39 is 0 Å². The van der Waals surface area contributed by atoms with Gasteiger partial charge in [-0.1, -0.05) is 6.92 Å². The van der Waals surface area contributed by atoms with Crippen LogP contribution in [-0.2, 0) is 4.79 Å². The van der Waals surface area contributed by atoms with Gasteiger partial charge in [-0.3, -0.25) is 4.79 Å². The number of carbonyl (C=O) groups is 1. The van der Waals surface area contributed by atoms with Crippen molar-refractivity contribution in [2.45, 2.75) is 32.2 Å². The number of rotatable bonds is 2. The molecular weight excluding hydrogens is 334 g/mol. The van der Waals surface area contributed by atoms with Gasteiger partial charge in [-0.25, -0.2) is 4.98 Å². The Hall–Kier alpha value is -1.30. The number of piperazine rings is 1. The number of carbonyl (C=O) groups excluding carboxylic acids is 1. The molecule has 5 nitrogen and oxygen atoms in total. The first-order valence-corrected chi connectivity index (χ1v) is 8.31. The average molecular weight is 354 g/mol. The molecule has 1 aromatic heterocycles. The van der Waals surface area contributed by atoms with E-state index in [0.29, 0.717) is 19.1 Å². The van der Waals surface area contributed by atoms with Gasteiger partial charge in [-0.05, 0) is 28.4 Å². The molecule has 0 N–H and O–H groups in total. The van der Waals surface area contributed by atoms with Crippen molar-refractivity contribution in [1.29, 1.82) is 0 Å². The van der Waals surface area contributed by atoms with Crippen molar-refractivity contribution in [2.24, 2.45) is 0 Å². The highest BCUT2D eigenvalue weighted by Gasteiger charge is 2.33. The molecule has 21 heavy (non-hydrogen) atoms. The first-order chi connectivity index (χ1) is 10.2. The summed E-state index contributed by atoms with van der Waals surface area (Å²) in [6.07, 6.45) is 4.28. The minimum atomic E-state index is 0.270. The maximum Gasteiger partial charge on any atom is 0.222 e. The molecule has 1 amide bonds. The van der Waals surface area contributed by atoms with Gasteiger partial charge in [0.2, 0.25) is 5.91 Å². The molecule has 3 heterocycles. The van der Waals surface area contributed by atoms with Crippen LogP contribution in [-0.4, -0.2) is 48.1 Å². The van der Waals surface area contributed by atoms with E-state index in [1.807, 2.05) is 17.9 Å². The molecule has 1 aromatic rings. The third-order valence-corrected chi connectivity index (χ3v) is 4.51. The Labute approximate surface area is 133 Å². The highest BCUT2D eigenvalue weighted by molar-refractivity contribution is 9.10. The zero-order valence-corrected chi connectivity index (χ0v) is 13.8. The second-order valence-electron chi connectivity index (χ2n) is 5.55. The number of ether oxygens (including phenoxy) is 1. The maximum atomic E-state index is 12.1. The number of amides is 1. The summed E-state index contributed by atoms with van der Waals surface area (Å²) in [5.41, 5.74) is 0. The maximum absolute atomic E-state index is 12.1. The zero-order valence-electron chi connectivity index (χ0n) is 12.2. The molecule has 0 saturated carbocycles. The van der Waals surface area contributed by atoms with E-state index in [4.69, 9.17) is 4.74 Å². The van der Waals surface area contributed by atoms with Crippen molar-refractivity contribution in [3.63, 3.8) is 0 Å². The summed E-state index contributed by atoms with van der Waals surface area (Å²) in [7, 11) is 0. The van der Waals surface area contributed by atoms with Gasteiger partial charge in [-0.15, -0.1) is 0 Å². The van der Waals surface area contributed by atoms with Gasteiger partial charge in [-0.2, -0.15) is 0 Å². The lowest BCUT2D eigenvalue weighted by atomic mass is 10.1. The highest BCUT2D eigenvalue weighted by atomic mass is 79.9. The number of anilines is 1. The minimum absolute atomic E-state index is 0.270. The van der Waals surface area contributed by atoms with Crippen molar-refractivity contribution >= 4 is 27.7 Å². The van der Waals surface area contributed by atoms with Crippen molar-refractivity contribution < 1.29 is 9.53 Å². The fraction of sp³-hybridized carbons (Fsp3) is 0.600. The second kappa shape index (κ2) is 6.22. The molecule has 114 valence electrons. The van der Waals surface area contributed by atoms with Gasteiger partial charge in [0.15, 0.2) is 11.6 Å². The van der Waals surface area contributed by atoms with Gasteiger partial charge in [0, 0.05) is 43.1 Å². The van der Waals surface area contributed by atoms with Crippen LogP contribution < -0.4 is 9.64 Å². The average Bonchev–Trinajstić information content (AvgIpc) is 2.65.